The van der Waals surface area contributed by atoms with Crippen LogP contribution in [-0.4, -0.2) is 47.0 Å². The molecule has 11 heteroatoms. The Balaban J connectivity index is 1.49. The van der Waals surface area contributed by atoms with Gasteiger partial charge in [-0.1, -0.05) is 43.5 Å². The fraction of sp³-hybridized carbons (Fsp3) is 0.292. The number of ether oxygens (including phenoxy) is 1. The van der Waals surface area contributed by atoms with Gasteiger partial charge in [-0.15, -0.1) is 0 Å². The summed E-state index contributed by atoms with van der Waals surface area (Å²) in [7, 11) is 0. The molecule has 4 rings (SSSR count). The highest BCUT2D eigenvalue weighted by Crippen LogP contribution is 2.35. The first-order valence-corrected chi connectivity index (χ1v) is 11.0. The topological polar surface area (TPSA) is 162 Å². The van der Waals surface area contributed by atoms with E-state index in [1.165, 1.54) is 18.2 Å². The van der Waals surface area contributed by atoms with Crippen LogP contribution in [0.2, 0.25) is 0 Å². The molecule has 35 heavy (non-hydrogen) atoms. The minimum absolute atomic E-state index is 0.0121. The number of nitrogens with zero attached hydrogens (tertiary/aromatic N) is 1. The zero-order chi connectivity index (χ0) is 25.1. The van der Waals surface area contributed by atoms with E-state index in [-0.39, 0.29) is 22.7 Å². The number of rotatable bonds is 5. The standard InChI is InChI=1S/C24H21N3O8/c28-18(26-24(32)25-13-6-2-1-3-7-13)12-35-23(31)17-11-10-16-19(20(17)27(33)34)22(30)15-9-5-4-8-14(15)21(16)29/h4-5,8-11,13H,1-3,6-7,12H2,(H2,25,26,28,32). The summed E-state index contributed by atoms with van der Waals surface area (Å²) < 4.78 is 4.86. The minimum Gasteiger partial charge on any atom is -0.452 e. The summed E-state index contributed by atoms with van der Waals surface area (Å²) in [6, 6.07) is 7.28. The number of urea groups is 1. The largest absolute Gasteiger partial charge is 0.452 e. The Morgan fingerprint density at radius 1 is 0.943 bits per heavy atom. The van der Waals surface area contributed by atoms with Gasteiger partial charge < -0.3 is 10.1 Å². The molecular formula is C24H21N3O8. The van der Waals surface area contributed by atoms with Crippen LogP contribution in [0.15, 0.2) is 36.4 Å². The smallest absolute Gasteiger partial charge is 0.345 e. The van der Waals surface area contributed by atoms with Crippen molar-refractivity contribution in [2.45, 2.75) is 38.1 Å². The Kier molecular flexibility index (Phi) is 6.67. The van der Waals surface area contributed by atoms with Crippen LogP contribution in [0.25, 0.3) is 0 Å². The fourth-order valence-electron chi connectivity index (χ4n) is 4.36. The Bertz CT molecular complexity index is 1260. The van der Waals surface area contributed by atoms with E-state index in [0.717, 1.165) is 44.2 Å². The number of nitrogens with one attached hydrogen (secondary N) is 2. The van der Waals surface area contributed by atoms with E-state index >= 15 is 0 Å². The van der Waals surface area contributed by atoms with Crippen molar-refractivity contribution in [2.24, 2.45) is 0 Å². The van der Waals surface area contributed by atoms with Crippen LogP contribution in [0.3, 0.4) is 0 Å². The lowest BCUT2D eigenvalue weighted by Gasteiger charge is -2.22. The number of carbonyl (C=O) groups excluding carboxylic acids is 5. The van der Waals surface area contributed by atoms with Crippen molar-refractivity contribution in [3.63, 3.8) is 0 Å². The van der Waals surface area contributed by atoms with E-state index in [2.05, 4.69) is 5.32 Å². The predicted molar refractivity (Wildman–Crippen MR) is 120 cm³/mol. The highest BCUT2D eigenvalue weighted by atomic mass is 16.6. The van der Waals surface area contributed by atoms with E-state index in [9.17, 15) is 34.1 Å². The molecule has 0 spiro atoms. The van der Waals surface area contributed by atoms with Gasteiger partial charge in [0, 0.05) is 22.7 Å². The van der Waals surface area contributed by atoms with E-state index in [1.54, 1.807) is 6.07 Å². The molecule has 180 valence electrons. The van der Waals surface area contributed by atoms with Gasteiger partial charge in [0.25, 0.3) is 11.6 Å². The van der Waals surface area contributed by atoms with Gasteiger partial charge in [-0.05, 0) is 25.0 Å². The van der Waals surface area contributed by atoms with Gasteiger partial charge in [0.15, 0.2) is 12.4 Å². The minimum atomic E-state index is -1.25. The molecule has 1 saturated carbocycles. The third-order valence-corrected chi connectivity index (χ3v) is 6.00. The lowest BCUT2D eigenvalue weighted by molar-refractivity contribution is -0.385. The number of hydrogen-bond acceptors (Lipinski definition) is 8. The lowest BCUT2D eigenvalue weighted by atomic mass is 9.82. The van der Waals surface area contributed by atoms with Crippen molar-refractivity contribution in [2.75, 3.05) is 6.61 Å². The van der Waals surface area contributed by atoms with Crippen LogP contribution in [0.1, 0.15) is 74.3 Å². The van der Waals surface area contributed by atoms with E-state index in [4.69, 9.17) is 4.74 Å². The second-order valence-electron chi connectivity index (χ2n) is 8.28. The Labute approximate surface area is 199 Å². The summed E-state index contributed by atoms with van der Waals surface area (Å²) in [5.41, 5.74) is -2.08. The number of fused-ring (bicyclic) bond motifs is 2. The zero-order valence-electron chi connectivity index (χ0n) is 18.5. The summed E-state index contributed by atoms with van der Waals surface area (Å²) in [4.78, 5) is 73.3. The molecular weight excluding hydrogens is 458 g/mol. The number of ketones is 2. The number of hydrogen-bond donors (Lipinski definition) is 2. The van der Waals surface area contributed by atoms with Crippen molar-refractivity contribution in [3.05, 3.63) is 74.3 Å². The molecule has 2 aliphatic rings. The monoisotopic (exact) mass is 479 g/mol. The first kappa shape index (κ1) is 23.7. The molecule has 0 aromatic heterocycles. The number of carbonyl (C=O) groups is 5. The molecule has 0 saturated heterocycles. The molecule has 2 aromatic rings. The van der Waals surface area contributed by atoms with Gasteiger partial charge in [-0.3, -0.25) is 29.8 Å². The molecule has 0 radical (unpaired) electrons. The maximum atomic E-state index is 13.0. The number of benzene rings is 2. The summed E-state index contributed by atoms with van der Waals surface area (Å²) in [6.45, 7) is -0.874. The SMILES string of the molecule is O=C(COC(=O)c1ccc2c(c1[N+](=O)[O-])C(=O)c1ccccc1C2=O)NC(=O)NC1CCCCC1. The summed E-state index contributed by atoms with van der Waals surface area (Å²) >= 11 is 0. The average Bonchev–Trinajstić information content (AvgIpc) is 2.85. The van der Waals surface area contributed by atoms with Crippen LogP contribution in [0, 0.1) is 10.1 Å². The van der Waals surface area contributed by atoms with Gasteiger partial charge in [-0.2, -0.15) is 0 Å². The first-order valence-electron chi connectivity index (χ1n) is 11.0. The number of amides is 3. The second kappa shape index (κ2) is 9.84. The first-order chi connectivity index (χ1) is 16.8. The van der Waals surface area contributed by atoms with Crippen LogP contribution in [-0.2, 0) is 9.53 Å². The van der Waals surface area contributed by atoms with Gasteiger partial charge in [0.1, 0.15) is 11.1 Å². The molecule has 0 atom stereocenters. The molecule has 2 aromatic carbocycles. The number of nitro groups is 1. The van der Waals surface area contributed by atoms with Crippen molar-refractivity contribution in [1.82, 2.24) is 10.6 Å². The molecule has 2 N–H and O–H groups in total. The fourth-order valence-corrected chi connectivity index (χ4v) is 4.36. The van der Waals surface area contributed by atoms with Gasteiger partial charge in [0.2, 0.25) is 5.78 Å². The number of esters is 1. The summed E-state index contributed by atoms with van der Waals surface area (Å²) in [6.07, 6.45) is 4.68. The lowest BCUT2D eigenvalue weighted by Crippen LogP contribution is -2.46. The Hall–Kier alpha value is -4.41. The van der Waals surface area contributed by atoms with Crippen LogP contribution in [0.4, 0.5) is 10.5 Å². The van der Waals surface area contributed by atoms with Crippen molar-refractivity contribution in [1.29, 1.82) is 0 Å². The Morgan fingerprint density at radius 3 is 2.26 bits per heavy atom. The quantitative estimate of drug-likeness (QED) is 0.321. The van der Waals surface area contributed by atoms with Crippen LogP contribution in [0.5, 0.6) is 0 Å². The van der Waals surface area contributed by atoms with Gasteiger partial charge in [0.05, 0.1) is 4.92 Å². The third kappa shape index (κ3) is 4.79. The second-order valence-corrected chi connectivity index (χ2v) is 8.28. The molecule has 2 aliphatic carbocycles. The Morgan fingerprint density at radius 2 is 1.60 bits per heavy atom. The number of nitro benzene ring substituents is 1. The summed E-state index contributed by atoms with van der Waals surface area (Å²) in [5.74, 6) is -3.52. The van der Waals surface area contributed by atoms with Crippen LogP contribution < -0.4 is 10.6 Å². The highest BCUT2D eigenvalue weighted by molar-refractivity contribution is 6.30. The highest BCUT2D eigenvalue weighted by Gasteiger charge is 2.39. The molecule has 11 nitrogen and oxygen atoms in total. The van der Waals surface area contributed by atoms with E-state index in [1.807, 2.05) is 5.32 Å². The normalized spacial score (nSPS) is 15.0. The van der Waals surface area contributed by atoms with E-state index < -0.39 is 57.8 Å². The van der Waals surface area contributed by atoms with Crippen molar-refractivity contribution < 1.29 is 33.6 Å². The molecule has 3 amide bonds. The van der Waals surface area contributed by atoms with Crippen molar-refractivity contribution >= 4 is 35.2 Å². The van der Waals surface area contributed by atoms with Gasteiger partial charge >= 0.3 is 12.0 Å². The van der Waals surface area contributed by atoms with E-state index in [0.29, 0.717) is 0 Å². The maximum Gasteiger partial charge on any atom is 0.345 e. The van der Waals surface area contributed by atoms with Crippen molar-refractivity contribution in [3.8, 4) is 0 Å². The van der Waals surface area contributed by atoms with Gasteiger partial charge in [-0.25, -0.2) is 9.59 Å². The molecule has 0 aliphatic heterocycles. The molecule has 0 heterocycles. The molecule has 0 unspecified atom stereocenters. The maximum absolute atomic E-state index is 13.0. The molecule has 0 bridgehead atoms. The zero-order valence-corrected chi connectivity index (χ0v) is 18.5. The van der Waals surface area contributed by atoms with Crippen LogP contribution >= 0.6 is 0 Å². The third-order valence-electron chi connectivity index (χ3n) is 6.00. The predicted octanol–water partition coefficient (Wildman–Crippen LogP) is 2.69. The summed E-state index contributed by atoms with van der Waals surface area (Å²) in [5, 5.41) is 16.6. The average molecular weight is 479 g/mol. The molecule has 1 fully saturated rings. The number of imide groups is 1.